The highest BCUT2D eigenvalue weighted by molar-refractivity contribution is 8.26. The lowest BCUT2D eigenvalue weighted by molar-refractivity contribution is -0.268. The van der Waals surface area contributed by atoms with E-state index in [1.807, 2.05) is 0 Å². The smallest absolute Gasteiger partial charge is 0.303 e. The zero-order valence-electron chi connectivity index (χ0n) is 20.6. The van der Waals surface area contributed by atoms with Crippen molar-refractivity contribution in [1.82, 2.24) is 4.90 Å². The van der Waals surface area contributed by atoms with Gasteiger partial charge in [0.25, 0.3) is 5.91 Å². The molecule has 0 unspecified atom stereocenters. The van der Waals surface area contributed by atoms with Gasteiger partial charge in [-0.15, -0.1) is 0 Å². The molecular weight excluding hydrogens is 530 g/mol. The molecule has 37 heavy (non-hydrogen) atoms. The van der Waals surface area contributed by atoms with Crippen LogP contribution in [-0.4, -0.2) is 76.3 Å². The normalized spacial score (nSPS) is 26.9. The van der Waals surface area contributed by atoms with E-state index in [0.717, 1.165) is 44.4 Å². The number of thioether (sulfide) groups is 1. The molecule has 1 aromatic heterocycles. The Kier molecular flexibility index (Phi) is 9.10. The first kappa shape index (κ1) is 28.3. The van der Waals surface area contributed by atoms with E-state index < -0.39 is 67.0 Å². The summed E-state index contributed by atoms with van der Waals surface area (Å²) in [6.45, 7) is 5.75. The van der Waals surface area contributed by atoms with Crippen LogP contribution in [0.3, 0.4) is 0 Å². The number of furan rings is 1. The summed E-state index contributed by atoms with van der Waals surface area (Å²) >= 11 is 6.44. The molecule has 0 aliphatic carbocycles. The molecule has 2 aliphatic heterocycles. The molecule has 3 heterocycles. The third-order valence-corrected chi connectivity index (χ3v) is 6.75. The first-order valence-electron chi connectivity index (χ1n) is 11.0. The van der Waals surface area contributed by atoms with Crippen LogP contribution in [0.25, 0.3) is 5.57 Å². The van der Waals surface area contributed by atoms with Crippen LogP contribution < -0.4 is 0 Å². The van der Waals surface area contributed by atoms with Crippen molar-refractivity contribution >= 4 is 63.7 Å². The summed E-state index contributed by atoms with van der Waals surface area (Å²) < 4.78 is 32.8. The molecular formula is C23H25NO11S2. The van der Waals surface area contributed by atoms with E-state index in [9.17, 15) is 24.0 Å². The maximum absolute atomic E-state index is 13.6. The number of amides is 1. The van der Waals surface area contributed by atoms with E-state index in [0.29, 0.717) is 11.3 Å². The average molecular weight is 556 g/mol. The molecule has 1 aromatic rings. The van der Waals surface area contributed by atoms with Gasteiger partial charge in [0, 0.05) is 33.3 Å². The largest absolute Gasteiger partial charge is 0.465 e. The molecule has 2 fully saturated rings. The molecule has 14 heteroatoms. The van der Waals surface area contributed by atoms with Gasteiger partial charge in [0.2, 0.25) is 0 Å². The van der Waals surface area contributed by atoms with E-state index in [1.165, 1.54) is 6.26 Å². The Hall–Kier alpha value is -3.23. The maximum Gasteiger partial charge on any atom is 0.303 e. The van der Waals surface area contributed by atoms with Gasteiger partial charge in [0.15, 0.2) is 28.9 Å². The van der Waals surface area contributed by atoms with Crippen LogP contribution in [0.15, 0.2) is 27.7 Å². The number of nitrogens with zero attached hydrogens (tertiary/aromatic N) is 1. The lowest BCUT2D eigenvalue weighted by Crippen LogP contribution is -2.66. The number of rotatable bonds is 7. The van der Waals surface area contributed by atoms with Crippen molar-refractivity contribution in [2.75, 3.05) is 6.61 Å². The Labute approximate surface area is 221 Å². The number of hydrogen-bond donors (Lipinski definition) is 0. The summed E-state index contributed by atoms with van der Waals surface area (Å²) in [4.78, 5) is 62.4. The van der Waals surface area contributed by atoms with Crippen molar-refractivity contribution in [3.63, 3.8) is 0 Å². The van der Waals surface area contributed by atoms with E-state index in [-0.39, 0.29) is 9.23 Å². The Morgan fingerprint density at radius 2 is 1.54 bits per heavy atom. The van der Waals surface area contributed by atoms with E-state index in [2.05, 4.69) is 0 Å². The minimum Gasteiger partial charge on any atom is -0.465 e. The van der Waals surface area contributed by atoms with Gasteiger partial charge in [-0.1, -0.05) is 24.0 Å². The van der Waals surface area contributed by atoms with Crippen LogP contribution >= 0.6 is 24.0 Å². The Morgan fingerprint density at radius 3 is 2.08 bits per heavy atom. The average Bonchev–Trinajstić information content (AvgIpc) is 3.42. The molecule has 0 saturated carbocycles. The van der Waals surface area contributed by atoms with Gasteiger partial charge in [-0.05, 0) is 19.1 Å². The standard InChI is InChI=1S/C23H25NO11S2/c1-10(15-7-6-8-30-15)20-21(29)24(23(36)37-20)22-19(34-14(5)28)18(33-13(4)27)17(32-12(3)26)16(35-22)9-31-11(2)25/h6-8,16-19,22H,9H2,1-5H3/t16-,17-,18+,19-,22-/m1/s1. The molecule has 3 rings (SSSR count). The second-order valence-corrected chi connectivity index (χ2v) is 9.71. The highest BCUT2D eigenvalue weighted by Gasteiger charge is 2.56. The SMILES string of the molecule is CC(=O)OC[C@H]1O[C@@H](N2C(=O)C(=C(C)c3ccco3)SC2=S)[C@H](OC(C)=O)[C@@H](OC(C)=O)[C@@H]1OC(C)=O. The highest BCUT2D eigenvalue weighted by Crippen LogP contribution is 2.41. The van der Waals surface area contributed by atoms with Crippen LogP contribution in [0, 0.1) is 0 Å². The zero-order chi connectivity index (χ0) is 27.4. The molecule has 0 aromatic carbocycles. The van der Waals surface area contributed by atoms with E-state index in [4.69, 9.17) is 40.3 Å². The summed E-state index contributed by atoms with van der Waals surface area (Å²) in [5, 5.41) is 0. The molecule has 0 bridgehead atoms. The van der Waals surface area contributed by atoms with Gasteiger partial charge >= 0.3 is 23.9 Å². The lowest BCUT2D eigenvalue weighted by atomic mass is 9.96. The lowest BCUT2D eigenvalue weighted by Gasteiger charge is -2.46. The fraction of sp³-hybridized carbons (Fsp3) is 0.478. The third-order valence-electron chi connectivity index (χ3n) is 5.25. The van der Waals surface area contributed by atoms with Gasteiger partial charge in [-0.2, -0.15) is 0 Å². The van der Waals surface area contributed by atoms with E-state index in [1.54, 1.807) is 19.1 Å². The molecule has 200 valence electrons. The predicted molar refractivity (Wildman–Crippen MR) is 130 cm³/mol. The van der Waals surface area contributed by atoms with Crippen LogP contribution in [0.5, 0.6) is 0 Å². The molecule has 5 atom stereocenters. The number of carbonyl (C=O) groups is 5. The quantitative estimate of drug-likeness (QED) is 0.209. The topological polar surface area (TPSA) is 148 Å². The minimum atomic E-state index is -1.45. The van der Waals surface area contributed by atoms with Gasteiger partial charge in [-0.25, -0.2) is 0 Å². The molecule has 0 radical (unpaired) electrons. The van der Waals surface area contributed by atoms with Crippen molar-refractivity contribution in [3.8, 4) is 0 Å². The van der Waals surface area contributed by atoms with Gasteiger partial charge in [0.1, 0.15) is 18.5 Å². The molecule has 0 N–H and O–H groups in total. The number of hydrogen-bond acceptors (Lipinski definition) is 13. The van der Waals surface area contributed by atoms with Gasteiger partial charge in [-0.3, -0.25) is 28.9 Å². The Bertz CT molecular complexity index is 1130. The number of carbonyl (C=O) groups excluding carboxylic acids is 5. The van der Waals surface area contributed by atoms with Crippen LogP contribution in [0.1, 0.15) is 40.4 Å². The van der Waals surface area contributed by atoms with E-state index >= 15 is 0 Å². The molecule has 12 nitrogen and oxygen atoms in total. The summed E-state index contributed by atoms with van der Waals surface area (Å²) in [7, 11) is 0. The van der Waals surface area contributed by atoms with Gasteiger partial charge in [0.05, 0.1) is 11.2 Å². The number of esters is 4. The monoisotopic (exact) mass is 555 g/mol. The summed E-state index contributed by atoms with van der Waals surface area (Å²) in [6, 6.07) is 3.34. The first-order valence-corrected chi connectivity index (χ1v) is 12.2. The summed E-state index contributed by atoms with van der Waals surface area (Å²) in [6.07, 6.45) is -5.41. The van der Waals surface area contributed by atoms with Gasteiger partial charge < -0.3 is 28.1 Å². The predicted octanol–water partition coefficient (Wildman–Crippen LogP) is 1.95. The number of thiocarbonyl (C=S) groups is 1. The Morgan fingerprint density at radius 1 is 0.946 bits per heavy atom. The fourth-order valence-electron chi connectivity index (χ4n) is 3.85. The summed E-state index contributed by atoms with van der Waals surface area (Å²) in [5.41, 5.74) is 0.510. The third kappa shape index (κ3) is 6.56. The second-order valence-electron chi connectivity index (χ2n) is 8.06. The van der Waals surface area contributed by atoms with Crippen LogP contribution in [0.4, 0.5) is 0 Å². The number of allylic oxidation sites excluding steroid dienone is 1. The minimum absolute atomic E-state index is 0.0619. The van der Waals surface area contributed by atoms with Crippen molar-refractivity contribution in [1.29, 1.82) is 0 Å². The van der Waals surface area contributed by atoms with Crippen molar-refractivity contribution in [2.24, 2.45) is 0 Å². The Balaban J connectivity index is 2.08. The molecule has 2 aliphatic rings. The van der Waals surface area contributed by atoms with Crippen LogP contribution in [0.2, 0.25) is 0 Å². The maximum atomic E-state index is 13.6. The summed E-state index contributed by atoms with van der Waals surface area (Å²) in [5.74, 6) is -3.13. The first-order chi connectivity index (χ1) is 17.4. The van der Waals surface area contributed by atoms with Crippen LogP contribution in [-0.2, 0) is 47.7 Å². The molecule has 1 amide bonds. The highest BCUT2D eigenvalue weighted by atomic mass is 32.2. The molecule has 2 saturated heterocycles. The molecule has 0 spiro atoms. The second kappa shape index (κ2) is 11.9. The number of ether oxygens (including phenoxy) is 5. The zero-order valence-corrected chi connectivity index (χ0v) is 22.2. The van der Waals surface area contributed by atoms with Crippen molar-refractivity contribution in [2.45, 2.75) is 65.3 Å². The van der Waals surface area contributed by atoms with Crippen molar-refractivity contribution in [3.05, 3.63) is 29.1 Å². The van der Waals surface area contributed by atoms with Crippen molar-refractivity contribution < 1.29 is 52.1 Å². The fourth-order valence-corrected chi connectivity index (χ4v) is 5.18.